The lowest BCUT2D eigenvalue weighted by Crippen LogP contribution is -2.39. The van der Waals surface area contributed by atoms with Crippen LogP contribution in [0.3, 0.4) is 0 Å². The molecule has 16 heteroatoms. The van der Waals surface area contributed by atoms with Gasteiger partial charge in [0.25, 0.3) is 0 Å². The number of amides is 2. The third-order valence-corrected chi connectivity index (χ3v) is 7.31. The van der Waals surface area contributed by atoms with Crippen LogP contribution in [-0.2, 0) is 24.0 Å². The van der Waals surface area contributed by atoms with Crippen LogP contribution in [0.15, 0.2) is 40.1 Å². The molecule has 0 aliphatic rings. The summed E-state index contributed by atoms with van der Waals surface area (Å²) in [5, 5.41) is 2.61. The van der Waals surface area contributed by atoms with Gasteiger partial charge in [0.1, 0.15) is 22.9 Å². The molecule has 0 fully saturated rings. The molecule has 0 aliphatic carbocycles. The van der Waals surface area contributed by atoms with E-state index >= 15 is 0 Å². The van der Waals surface area contributed by atoms with Crippen molar-refractivity contribution in [1.82, 2.24) is 10.7 Å². The first-order chi connectivity index (χ1) is 18.4. The van der Waals surface area contributed by atoms with Gasteiger partial charge in [-0.25, -0.2) is 21.6 Å². The molecule has 0 spiro atoms. The minimum absolute atomic E-state index is 0.0466. The maximum atomic E-state index is 12.3. The van der Waals surface area contributed by atoms with Crippen molar-refractivity contribution in [2.45, 2.75) is 30.1 Å². The smallest absolute Gasteiger partial charge is 0.333 e. The quantitative estimate of drug-likeness (QED) is 0.111. The SMILES string of the molecule is CCOc1cc(OCC)cc(OCCCNC(=O)NNc2cc(S(C)(=O)=O)c(S(C)(=O)=O)cc2OOSC)c1. The van der Waals surface area contributed by atoms with E-state index in [0.717, 1.165) is 36.7 Å². The van der Waals surface area contributed by atoms with Gasteiger partial charge in [-0.05, 0) is 26.3 Å². The fraction of sp³-hybridized carbons (Fsp3) is 0.435. The van der Waals surface area contributed by atoms with Gasteiger partial charge in [0, 0.05) is 61.6 Å². The molecule has 2 rings (SSSR count). The van der Waals surface area contributed by atoms with Crippen LogP contribution >= 0.6 is 12.0 Å². The number of benzene rings is 2. The molecule has 3 N–H and O–H groups in total. The fourth-order valence-corrected chi connectivity index (χ4v) is 5.67. The number of ether oxygens (including phenoxy) is 3. The van der Waals surface area contributed by atoms with Gasteiger partial charge in [-0.15, -0.1) is 4.33 Å². The molecule has 0 aromatic heterocycles. The van der Waals surface area contributed by atoms with Crippen molar-refractivity contribution in [3.63, 3.8) is 0 Å². The fourth-order valence-electron chi connectivity index (χ4n) is 3.12. The zero-order valence-electron chi connectivity index (χ0n) is 22.2. The number of rotatable bonds is 16. The number of urea groups is 1. The lowest BCUT2D eigenvalue weighted by molar-refractivity contribution is -0.0766. The van der Waals surface area contributed by atoms with E-state index in [9.17, 15) is 21.6 Å². The molecule has 0 aliphatic heterocycles. The summed E-state index contributed by atoms with van der Waals surface area (Å²) in [6, 6.07) is 6.66. The maximum Gasteiger partial charge on any atom is 0.333 e. The molecule has 218 valence electrons. The van der Waals surface area contributed by atoms with Crippen LogP contribution in [0.2, 0.25) is 0 Å². The molecule has 2 aromatic carbocycles. The molecule has 39 heavy (non-hydrogen) atoms. The minimum atomic E-state index is -3.95. The Hall–Kier alpha value is -3.08. The van der Waals surface area contributed by atoms with Gasteiger partial charge in [0.05, 0.1) is 29.6 Å². The monoisotopic (exact) mass is 607 g/mol. The van der Waals surface area contributed by atoms with Crippen molar-refractivity contribution in [3.8, 4) is 23.0 Å². The molecule has 2 amide bonds. The normalized spacial score (nSPS) is 11.4. The Morgan fingerprint density at radius 2 is 1.38 bits per heavy atom. The van der Waals surface area contributed by atoms with E-state index in [-0.39, 0.29) is 18.0 Å². The summed E-state index contributed by atoms with van der Waals surface area (Å²) in [4.78, 5) is 16.4. The molecule has 0 heterocycles. The Morgan fingerprint density at radius 3 is 1.90 bits per heavy atom. The van der Waals surface area contributed by atoms with Crippen LogP contribution < -0.4 is 35.3 Å². The van der Waals surface area contributed by atoms with E-state index < -0.39 is 35.5 Å². The van der Waals surface area contributed by atoms with Gasteiger partial charge in [0.2, 0.25) is 0 Å². The van der Waals surface area contributed by atoms with Crippen molar-refractivity contribution in [2.24, 2.45) is 0 Å². The molecule has 0 atom stereocenters. The summed E-state index contributed by atoms with van der Waals surface area (Å²) < 4.78 is 70.4. The van der Waals surface area contributed by atoms with Gasteiger partial charge in [-0.2, -0.15) is 0 Å². The topological polar surface area (TPSA) is 168 Å². The Labute approximate surface area is 232 Å². The average Bonchev–Trinajstić information content (AvgIpc) is 2.85. The highest BCUT2D eigenvalue weighted by atomic mass is 32.2. The predicted octanol–water partition coefficient (Wildman–Crippen LogP) is 2.97. The first-order valence-corrected chi connectivity index (χ1v) is 16.6. The molecule has 0 radical (unpaired) electrons. The minimum Gasteiger partial charge on any atom is -0.494 e. The molecule has 0 saturated carbocycles. The summed E-state index contributed by atoms with van der Waals surface area (Å²) in [6.45, 7) is 5.29. The Balaban J connectivity index is 1.98. The molecule has 0 unspecified atom stereocenters. The van der Waals surface area contributed by atoms with E-state index in [1.54, 1.807) is 24.5 Å². The van der Waals surface area contributed by atoms with Crippen molar-refractivity contribution in [3.05, 3.63) is 30.3 Å². The van der Waals surface area contributed by atoms with Gasteiger partial charge in [-0.1, -0.05) is 0 Å². The van der Waals surface area contributed by atoms with E-state index in [0.29, 0.717) is 43.5 Å². The molecule has 13 nitrogen and oxygen atoms in total. The molecule has 0 bridgehead atoms. The second kappa shape index (κ2) is 14.9. The van der Waals surface area contributed by atoms with Crippen LogP contribution in [0, 0.1) is 0 Å². The van der Waals surface area contributed by atoms with E-state index in [2.05, 4.69) is 16.2 Å². The number of anilines is 1. The highest BCUT2D eigenvalue weighted by Crippen LogP contribution is 2.34. The van der Waals surface area contributed by atoms with Gasteiger partial charge >= 0.3 is 6.03 Å². The molecular formula is C23H33N3O10S3. The standard InChI is InChI=1S/C23H33N3O10S3/c1-6-32-16-11-17(33-7-2)13-18(12-16)34-10-8-9-24-23(27)26-25-19-14-21(38(4,28)29)22(39(5,30)31)15-20(19)35-36-37-3/h11-15,25H,6-10H2,1-5H3,(H2,24,26,27). The van der Waals surface area contributed by atoms with Gasteiger partial charge in [0.15, 0.2) is 25.4 Å². The van der Waals surface area contributed by atoms with Crippen LogP contribution in [-0.4, -0.2) is 68.0 Å². The van der Waals surface area contributed by atoms with E-state index in [4.69, 9.17) is 23.4 Å². The largest absolute Gasteiger partial charge is 0.494 e. The first kappa shape index (κ1) is 32.1. The van der Waals surface area contributed by atoms with Gasteiger partial charge in [-0.3, -0.25) is 10.9 Å². The number of carbonyl (C=O) groups is 1. The van der Waals surface area contributed by atoms with E-state index in [1.165, 1.54) is 0 Å². The average molecular weight is 608 g/mol. The zero-order chi connectivity index (χ0) is 29.1. The second-order valence-corrected chi connectivity index (χ2v) is 12.3. The highest BCUT2D eigenvalue weighted by molar-refractivity contribution is 7.94. The summed E-state index contributed by atoms with van der Waals surface area (Å²) in [7, 11) is -7.88. The summed E-state index contributed by atoms with van der Waals surface area (Å²) in [6.07, 6.45) is 3.75. The first-order valence-electron chi connectivity index (χ1n) is 11.7. The maximum absolute atomic E-state index is 12.3. The van der Waals surface area contributed by atoms with Crippen LogP contribution in [0.1, 0.15) is 20.3 Å². The number of carbonyl (C=O) groups excluding carboxylic acids is 1. The van der Waals surface area contributed by atoms with E-state index in [1.807, 2.05) is 13.8 Å². The summed E-state index contributed by atoms with van der Waals surface area (Å²) >= 11 is 0.830. The van der Waals surface area contributed by atoms with Crippen LogP contribution in [0.5, 0.6) is 23.0 Å². The predicted molar refractivity (Wildman–Crippen MR) is 147 cm³/mol. The number of hydrogen-bond acceptors (Lipinski definition) is 12. The second-order valence-electron chi connectivity index (χ2n) is 7.87. The summed E-state index contributed by atoms with van der Waals surface area (Å²) in [5.41, 5.74) is 4.82. The Morgan fingerprint density at radius 1 is 0.846 bits per heavy atom. The third-order valence-electron chi connectivity index (χ3n) is 4.70. The summed E-state index contributed by atoms with van der Waals surface area (Å²) in [5.74, 6) is 1.65. The van der Waals surface area contributed by atoms with Crippen LogP contribution in [0.25, 0.3) is 0 Å². The number of hydrogen-bond donors (Lipinski definition) is 3. The molecular weight excluding hydrogens is 574 g/mol. The number of sulfone groups is 2. The van der Waals surface area contributed by atoms with Crippen LogP contribution in [0.4, 0.5) is 10.5 Å². The van der Waals surface area contributed by atoms with Gasteiger partial charge < -0.3 is 24.4 Å². The van der Waals surface area contributed by atoms with Crippen molar-refractivity contribution in [2.75, 3.05) is 50.6 Å². The molecule has 0 saturated heterocycles. The Kier molecular flexibility index (Phi) is 12.3. The highest BCUT2D eigenvalue weighted by Gasteiger charge is 2.25. The van der Waals surface area contributed by atoms with Crippen molar-refractivity contribution in [1.29, 1.82) is 0 Å². The molecule has 2 aromatic rings. The lowest BCUT2D eigenvalue weighted by atomic mass is 10.3. The Bertz CT molecular complexity index is 1310. The lowest BCUT2D eigenvalue weighted by Gasteiger charge is -2.16. The zero-order valence-corrected chi connectivity index (χ0v) is 24.7. The van der Waals surface area contributed by atoms with Crippen molar-refractivity contribution < 1.29 is 45.1 Å². The number of nitrogens with one attached hydrogen (secondary N) is 3. The third kappa shape index (κ3) is 10.5. The van der Waals surface area contributed by atoms with Crippen molar-refractivity contribution >= 4 is 43.4 Å². The number of hydrazine groups is 1.